The molecule has 0 unspecified atom stereocenters. The summed E-state index contributed by atoms with van der Waals surface area (Å²) in [5.74, 6) is -1.82. The maximum Gasteiger partial charge on any atom is 0.331 e. The average molecular weight is 447 g/mol. The predicted octanol–water partition coefficient (Wildman–Crippen LogP) is 4.62. The molecule has 2 N–H and O–H groups in total. The van der Waals surface area contributed by atoms with Gasteiger partial charge in [0.25, 0.3) is 0 Å². The van der Waals surface area contributed by atoms with Crippen molar-refractivity contribution in [2.45, 2.75) is 0 Å². The normalized spacial score (nSPS) is 10.9. The summed E-state index contributed by atoms with van der Waals surface area (Å²) in [5.41, 5.74) is 10.4. The summed E-state index contributed by atoms with van der Waals surface area (Å²) in [6.45, 7) is 0. The molecule has 0 aromatic heterocycles. The molecule has 0 saturated heterocycles. The molecule has 4 aromatic rings. The van der Waals surface area contributed by atoms with Gasteiger partial charge in [-0.2, -0.15) is 10.2 Å². The molecule has 0 bridgehead atoms. The third-order valence-electron chi connectivity index (χ3n) is 5.00. The first kappa shape index (κ1) is 22.4. The van der Waals surface area contributed by atoms with E-state index in [9.17, 15) is 9.59 Å². The van der Waals surface area contributed by atoms with Gasteiger partial charge in [0.1, 0.15) is 0 Å². The number of rotatable bonds is 6. The highest BCUT2D eigenvalue weighted by Gasteiger charge is 2.11. The maximum atomic E-state index is 11.9. The van der Waals surface area contributed by atoms with Gasteiger partial charge in [-0.15, -0.1) is 0 Å². The molecular weight excluding hydrogens is 424 g/mol. The summed E-state index contributed by atoms with van der Waals surface area (Å²) in [4.78, 5) is 23.8. The molecule has 6 nitrogen and oxygen atoms in total. The highest BCUT2D eigenvalue weighted by atomic mass is 16.2. The van der Waals surface area contributed by atoms with Crippen LogP contribution in [0.1, 0.15) is 11.1 Å². The molecule has 0 atom stereocenters. The van der Waals surface area contributed by atoms with E-state index in [4.69, 9.17) is 0 Å². The van der Waals surface area contributed by atoms with Crippen molar-refractivity contribution in [2.24, 2.45) is 10.2 Å². The third kappa shape index (κ3) is 6.11. The molecule has 166 valence electrons. The largest absolute Gasteiger partial charge is 0.331 e. The Kier molecular flexibility index (Phi) is 7.33. The fraction of sp³-hybridized carbons (Fsp3) is 0. The van der Waals surface area contributed by atoms with Crippen LogP contribution in [-0.2, 0) is 9.59 Å². The Hall–Kier alpha value is -4.84. The second kappa shape index (κ2) is 11.2. The fourth-order valence-electron chi connectivity index (χ4n) is 3.22. The molecule has 4 rings (SSSR count). The molecule has 0 aliphatic heterocycles. The lowest BCUT2D eigenvalue weighted by Gasteiger charge is -2.02. The van der Waals surface area contributed by atoms with Crippen molar-refractivity contribution in [2.75, 3.05) is 0 Å². The van der Waals surface area contributed by atoms with E-state index in [-0.39, 0.29) is 0 Å². The number of hydrogen-bond acceptors (Lipinski definition) is 4. The van der Waals surface area contributed by atoms with Crippen LogP contribution in [0.2, 0.25) is 0 Å². The second-order valence-corrected chi connectivity index (χ2v) is 7.37. The van der Waals surface area contributed by atoms with Gasteiger partial charge in [-0.25, -0.2) is 10.9 Å². The molecule has 0 saturated carbocycles. The zero-order chi connectivity index (χ0) is 23.6. The van der Waals surface area contributed by atoms with Crippen molar-refractivity contribution < 1.29 is 9.59 Å². The minimum absolute atomic E-state index is 0.789. The van der Waals surface area contributed by atoms with Gasteiger partial charge in [-0.3, -0.25) is 9.59 Å². The Morgan fingerprint density at radius 3 is 1.15 bits per heavy atom. The number of nitrogens with zero attached hydrogens (tertiary/aromatic N) is 2. The minimum Gasteiger partial charge on any atom is -0.262 e. The van der Waals surface area contributed by atoms with Crippen LogP contribution in [0.3, 0.4) is 0 Å². The first-order valence-electron chi connectivity index (χ1n) is 10.7. The monoisotopic (exact) mass is 446 g/mol. The van der Waals surface area contributed by atoms with Crippen molar-refractivity contribution in [3.63, 3.8) is 0 Å². The van der Waals surface area contributed by atoms with Crippen molar-refractivity contribution in [1.29, 1.82) is 0 Å². The summed E-state index contributed by atoms with van der Waals surface area (Å²) < 4.78 is 0. The Morgan fingerprint density at radius 1 is 0.471 bits per heavy atom. The predicted molar refractivity (Wildman–Crippen MR) is 135 cm³/mol. The number of amides is 2. The lowest BCUT2D eigenvalue weighted by Crippen LogP contribution is -2.35. The average Bonchev–Trinajstić information content (AvgIpc) is 2.90. The van der Waals surface area contributed by atoms with Gasteiger partial charge in [0.2, 0.25) is 0 Å². The smallest absolute Gasteiger partial charge is 0.262 e. The van der Waals surface area contributed by atoms with Crippen molar-refractivity contribution in [3.05, 3.63) is 120 Å². The van der Waals surface area contributed by atoms with E-state index in [1.807, 2.05) is 109 Å². The fourth-order valence-corrected chi connectivity index (χ4v) is 3.22. The summed E-state index contributed by atoms with van der Waals surface area (Å²) in [5, 5.41) is 7.67. The summed E-state index contributed by atoms with van der Waals surface area (Å²) in [6.07, 6.45) is 2.94. The topological polar surface area (TPSA) is 82.9 Å². The first-order chi connectivity index (χ1) is 16.7. The molecule has 0 spiro atoms. The Bertz CT molecular complexity index is 1190. The van der Waals surface area contributed by atoms with Crippen molar-refractivity contribution in [1.82, 2.24) is 10.9 Å². The molecule has 6 heteroatoms. The maximum absolute atomic E-state index is 11.9. The van der Waals surface area contributed by atoms with Crippen LogP contribution in [0, 0.1) is 0 Å². The quantitative estimate of drug-likeness (QED) is 0.257. The summed E-state index contributed by atoms with van der Waals surface area (Å²) in [7, 11) is 0. The number of nitrogens with one attached hydrogen (secondary N) is 2. The van der Waals surface area contributed by atoms with E-state index in [1.54, 1.807) is 0 Å². The van der Waals surface area contributed by atoms with Gasteiger partial charge in [0, 0.05) is 0 Å². The van der Waals surface area contributed by atoms with E-state index in [0.717, 1.165) is 33.4 Å². The molecule has 0 aliphatic rings. The Morgan fingerprint density at radius 2 is 0.794 bits per heavy atom. The van der Waals surface area contributed by atoms with Crippen LogP contribution in [-0.4, -0.2) is 24.2 Å². The minimum atomic E-state index is -0.909. The Balaban J connectivity index is 1.25. The van der Waals surface area contributed by atoms with Gasteiger partial charge in [-0.05, 0) is 33.4 Å². The van der Waals surface area contributed by atoms with Crippen LogP contribution in [0.5, 0.6) is 0 Å². The SMILES string of the molecule is O=C(N/N=C/c1ccc(-c2ccccc2)cc1)C(=O)N/N=C/c1ccc(-c2ccccc2)cc1. The van der Waals surface area contributed by atoms with Gasteiger partial charge in [0.05, 0.1) is 12.4 Å². The van der Waals surface area contributed by atoms with Crippen molar-refractivity contribution in [3.8, 4) is 22.3 Å². The van der Waals surface area contributed by atoms with E-state index in [2.05, 4.69) is 21.1 Å². The van der Waals surface area contributed by atoms with Crippen LogP contribution >= 0.6 is 0 Å². The standard InChI is InChI=1S/C28H22N4O2/c33-27(31-29-19-21-11-15-25(16-12-21)23-7-3-1-4-8-23)28(34)32-30-20-22-13-17-26(18-14-22)24-9-5-2-6-10-24/h1-20H,(H,31,33)(H,32,34)/b29-19+,30-20+. The Labute approximate surface area is 197 Å². The van der Waals surface area contributed by atoms with Gasteiger partial charge < -0.3 is 0 Å². The summed E-state index contributed by atoms with van der Waals surface area (Å²) >= 11 is 0. The molecule has 2 amide bonds. The number of carbonyl (C=O) groups excluding carboxylic acids is 2. The van der Waals surface area contributed by atoms with E-state index < -0.39 is 11.8 Å². The van der Waals surface area contributed by atoms with Crippen molar-refractivity contribution >= 4 is 24.2 Å². The zero-order valence-corrected chi connectivity index (χ0v) is 18.3. The van der Waals surface area contributed by atoms with Crippen LogP contribution in [0.25, 0.3) is 22.3 Å². The van der Waals surface area contributed by atoms with Crippen LogP contribution in [0.4, 0.5) is 0 Å². The molecular formula is C28H22N4O2. The molecule has 0 heterocycles. The lowest BCUT2D eigenvalue weighted by molar-refractivity contribution is -0.139. The molecule has 0 radical (unpaired) electrons. The number of hydrogen-bond donors (Lipinski definition) is 2. The van der Waals surface area contributed by atoms with Gasteiger partial charge >= 0.3 is 11.8 Å². The molecule has 0 fully saturated rings. The third-order valence-corrected chi connectivity index (χ3v) is 5.00. The lowest BCUT2D eigenvalue weighted by atomic mass is 10.0. The van der Waals surface area contributed by atoms with E-state index in [1.165, 1.54) is 12.4 Å². The summed E-state index contributed by atoms with van der Waals surface area (Å²) in [6, 6.07) is 35.4. The number of hydrazone groups is 2. The molecule has 4 aromatic carbocycles. The highest BCUT2D eigenvalue weighted by Crippen LogP contribution is 2.19. The second-order valence-electron chi connectivity index (χ2n) is 7.37. The molecule has 34 heavy (non-hydrogen) atoms. The molecule has 0 aliphatic carbocycles. The van der Waals surface area contributed by atoms with Gasteiger partial charge in [0.15, 0.2) is 0 Å². The van der Waals surface area contributed by atoms with Crippen LogP contribution in [0.15, 0.2) is 119 Å². The first-order valence-corrected chi connectivity index (χ1v) is 10.7. The van der Waals surface area contributed by atoms with Gasteiger partial charge in [-0.1, -0.05) is 109 Å². The number of benzene rings is 4. The highest BCUT2D eigenvalue weighted by molar-refractivity contribution is 6.35. The van der Waals surface area contributed by atoms with E-state index in [0.29, 0.717) is 0 Å². The van der Waals surface area contributed by atoms with Crippen LogP contribution < -0.4 is 10.9 Å². The number of carbonyl (C=O) groups is 2. The zero-order valence-electron chi connectivity index (χ0n) is 18.3. The van der Waals surface area contributed by atoms with E-state index >= 15 is 0 Å².